The first-order valence-electron chi connectivity index (χ1n) is 8.54. The van der Waals surface area contributed by atoms with E-state index < -0.39 is 0 Å². The third-order valence-corrected chi connectivity index (χ3v) is 1.63. The van der Waals surface area contributed by atoms with Crippen molar-refractivity contribution in [3.63, 3.8) is 0 Å². The molecule has 120 valence electrons. The molecule has 0 aromatic carbocycles. The second kappa shape index (κ2) is 68.0. The van der Waals surface area contributed by atoms with E-state index in [1.165, 1.54) is 12.8 Å². The summed E-state index contributed by atoms with van der Waals surface area (Å²) >= 11 is 0. The van der Waals surface area contributed by atoms with Crippen LogP contribution >= 0.6 is 0 Å². The molecule has 0 bridgehead atoms. The van der Waals surface area contributed by atoms with Gasteiger partial charge in [-0.3, -0.25) is 0 Å². The Balaban J connectivity index is -0.0000000260. The van der Waals surface area contributed by atoms with Gasteiger partial charge >= 0.3 is 0 Å². The topological polar surface area (TPSA) is 0 Å². The Hall–Kier alpha value is 0. The lowest BCUT2D eigenvalue weighted by atomic mass is 10.2. The molecule has 0 rings (SSSR count). The van der Waals surface area contributed by atoms with Crippen LogP contribution in [-0.2, 0) is 0 Å². The molecule has 18 heavy (non-hydrogen) atoms. The van der Waals surface area contributed by atoms with Gasteiger partial charge in [0.2, 0.25) is 0 Å². The van der Waals surface area contributed by atoms with Gasteiger partial charge in [-0.2, -0.15) is 0 Å². The van der Waals surface area contributed by atoms with Crippen molar-refractivity contribution in [3.8, 4) is 0 Å². The molecule has 0 fully saturated rings. The third kappa shape index (κ3) is 225. The summed E-state index contributed by atoms with van der Waals surface area (Å²) in [5, 5.41) is 0. The SMILES string of the molecule is CC.CC.CC.CC.CCC(C)C.CCC(C)C. The lowest BCUT2D eigenvalue weighted by Crippen LogP contribution is -1.77. The van der Waals surface area contributed by atoms with Crippen molar-refractivity contribution in [3.05, 3.63) is 0 Å². The van der Waals surface area contributed by atoms with Gasteiger partial charge in [0.25, 0.3) is 0 Å². The molecule has 0 aliphatic heterocycles. The predicted molar refractivity (Wildman–Crippen MR) is 95.7 cm³/mol. The molecule has 0 spiro atoms. The van der Waals surface area contributed by atoms with Gasteiger partial charge in [-0.1, -0.05) is 110 Å². The van der Waals surface area contributed by atoms with Crippen molar-refractivity contribution in [2.24, 2.45) is 11.8 Å². The molecule has 0 radical (unpaired) electrons. The molecular formula is C18H48. The highest BCUT2D eigenvalue weighted by Crippen LogP contribution is 1.94. The average molecular weight is 265 g/mol. The maximum absolute atomic E-state index is 2.22. The normalized spacial score (nSPS) is 6.67. The summed E-state index contributed by atoms with van der Waals surface area (Å²) in [5.41, 5.74) is 0. The zero-order valence-electron chi connectivity index (χ0n) is 16.6. The van der Waals surface area contributed by atoms with Crippen molar-refractivity contribution in [2.75, 3.05) is 0 Å². The highest BCUT2D eigenvalue weighted by atomic mass is 13.9. The largest absolute Gasteiger partial charge is 0.0683 e. The summed E-state index contributed by atoms with van der Waals surface area (Å²) in [6.07, 6.45) is 2.61. The van der Waals surface area contributed by atoms with E-state index >= 15 is 0 Å². The number of hydrogen-bond donors (Lipinski definition) is 0. The van der Waals surface area contributed by atoms with E-state index in [2.05, 4.69) is 41.5 Å². The van der Waals surface area contributed by atoms with E-state index in [9.17, 15) is 0 Å². The Labute approximate surface area is 122 Å². The molecule has 0 aromatic rings. The van der Waals surface area contributed by atoms with E-state index in [1.54, 1.807) is 0 Å². The maximum atomic E-state index is 2.22. The molecule has 0 aliphatic rings. The highest BCUT2D eigenvalue weighted by molar-refractivity contribution is 4.33. The molecule has 0 N–H and O–H groups in total. The molecule has 0 unspecified atom stereocenters. The van der Waals surface area contributed by atoms with E-state index in [4.69, 9.17) is 0 Å². The molecule has 0 atom stereocenters. The van der Waals surface area contributed by atoms with E-state index in [0.717, 1.165) is 11.8 Å². The van der Waals surface area contributed by atoms with Crippen LogP contribution in [0.2, 0.25) is 0 Å². The summed E-state index contributed by atoms with van der Waals surface area (Å²) in [6.45, 7) is 29.3. The molecular weight excluding hydrogens is 216 g/mol. The van der Waals surface area contributed by atoms with Crippen LogP contribution in [0.15, 0.2) is 0 Å². The van der Waals surface area contributed by atoms with E-state index in [-0.39, 0.29) is 0 Å². The van der Waals surface area contributed by atoms with Crippen LogP contribution in [0.1, 0.15) is 110 Å². The van der Waals surface area contributed by atoms with Crippen LogP contribution in [0, 0.1) is 11.8 Å². The molecule has 0 heteroatoms. The van der Waals surface area contributed by atoms with Gasteiger partial charge in [0.15, 0.2) is 0 Å². The first-order valence-corrected chi connectivity index (χ1v) is 8.54. The molecule has 0 saturated heterocycles. The van der Waals surface area contributed by atoms with Crippen LogP contribution in [-0.4, -0.2) is 0 Å². The lowest BCUT2D eigenvalue weighted by Gasteiger charge is -1.90. The standard InChI is InChI=1S/2C5H12.4C2H6/c2*1-4-5(2)3;4*1-2/h2*5H,4H2,1-3H3;4*1-2H3. The van der Waals surface area contributed by atoms with Crippen molar-refractivity contribution in [1.82, 2.24) is 0 Å². The summed E-state index contributed by atoms with van der Waals surface area (Å²) < 4.78 is 0. The Morgan fingerprint density at radius 3 is 0.500 bits per heavy atom. The maximum Gasteiger partial charge on any atom is -0.0474 e. The van der Waals surface area contributed by atoms with Gasteiger partial charge in [-0.05, 0) is 11.8 Å². The van der Waals surface area contributed by atoms with Crippen LogP contribution in [0.3, 0.4) is 0 Å². The summed E-state index contributed by atoms with van der Waals surface area (Å²) in [6, 6.07) is 0. The fraction of sp³-hybridized carbons (Fsp3) is 1.00. The van der Waals surface area contributed by atoms with Crippen molar-refractivity contribution >= 4 is 0 Å². The Kier molecular flexibility index (Phi) is 136. The lowest BCUT2D eigenvalue weighted by molar-refractivity contribution is 0.626. The van der Waals surface area contributed by atoms with Gasteiger partial charge < -0.3 is 0 Å². The van der Waals surface area contributed by atoms with E-state index in [1.807, 2.05) is 55.4 Å². The number of hydrogen-bond acceptors (Lipinski definition) is 0. The second-order valence-corrected chi connectivity index (χ2v) is 3.60. The van der Waals surface area contributed by atoms with Crippen LogP contribution in [0.5, 0.6) is 0 Å². The zero-order chi connectivity index (χ0) is 16.6. The smallest absolute Gasteiger partial charge is 0.0474 e. The van der Waals surface area contributed by atoms with Crippen LogP contribution in [0.4, 0.5) is 0 Å². The Morgan fingerprint density at radius 1 is 0.444 bits per heavy atom. The molecule has 0 nitrogen and oxygen atoms in total. The first-order chi connectivity index (χ1) is 8.54. The summed E-state index contributed by atoms with van der Waals surface area (Å²) in [5.74, 6) is 1.77. The fourth-order valence-corrected chi connectivity index (χ4v) is 0. The summed E-state index contributed by atoms with van der Waals surface area (Å²) in [7, 11) is 0. The van der Waals surface area contributed by atoms with Gasteiger partial charge in [0.05, 0.1) is 0 Å². The average Bonchev–Trinajstić information content (AvgIpc) is 2.48. The van der Waals surface area contributed by atoms with Gasteiger partial charge in [0, 0.05) is 0 Å². The van der Waals surface area contributed by atoms with E-state index in [0.29, 0.717) is 0 Å². The minimum Gasteiger partial charge on any atom is -0.0683 e. The predicted octanol–water partition coefficient (Wildman–Crippen LogP) is 8.21. The first kappa shape index (κ1) is 36.1. The monoisotopic (exact) mass is 264 g/mol. The second-order valence-electron chi connectivity index (χ2n) is 3.60. The van der Waals surface area contributed by atoms with Gasteiger partial charge in [0.1, 0.15) is 0 Å². The molecule has 0 amide bonds. The van der Waals surface area contributed by atoms with Gasteiger partial charge in [-0.15, -0.1) is 0 Å². The molecule has 0 saturated carbocycles. The molecule has 0 aliphatic carbocycles. The quantitative estimate of drug-likeness (QED) is 0.471. The fourth-order valence-electron chi connectivity index (χ4n) is 0. The van der Waals surface area contributed by atoms with Crippen molar-refractivity contribution in [2.45, 2.75) is 110 Å². The highest BCUT2D eigenvalue weighted by Gasteiger charge is 1.80. The van der Waals surface area contributed by atoms with Gasteiger partial charge in [-0.25, -0.2) is 0 Å². The minimum absolute atomic E-state index is 0.884. The minimum atomic E-state index is 0.884. The zero-order valence-corrected chi connectivity index (χ0v) is 16.6. The van der Waals surface area contributed by atoms with Crippen molar-refractivity contribution in [1.29, 1.82) is 0 Å². The molecule has 0 aromatic heterocycles. The van der Waals surface area contributed by atoms with Crippen molar-refractivity contribution < 1.29 is 0 Å². The Morgan fingerprint density at radius 2 is 0.500 bits per heavy atom. The summed E-state index contributed by atoms with van der Waals surface area (Å²) in [4.78, 5) is 0. The molecule has 0 heterocycles. The van der Waals surface area contributed by atoms with Crippen LogP contribution in [0.25, 0.3) is 0 Å². The third-order valence-electron chi connectivity index (χ3n) is 1.63. The van der Waals surface area contributed by atoms with Crippen LogP contribution < -0.4 is 0 Å². The number of rotatable bonds is 2. The Bertz CT molecular complexity index is 36.0.